The van der Waals surface area contributed by atoms with Crippen LogP contribution in [0.5, 0.6) is 5.75 Å². The summed E-state index contributed by atoms with van der Waals surface area (Å²) in [6.07, 6.45) is 3.70. The summed E-state index contributed by atoms with van der Waals surface area (Å²) in [6, 6.07) is 6.16. The number of nitrogens with two attached hydrogens (primary N) is 1. The number of imidazole rings is 1. The molecule has 0 saturated carbocycles. The highest BCUT2D eigenvalue weighted by molar-refractivity contribution is 5.37. The second kappa shape index (κ2) is 5.01. The molecule has 0 aliphatic heterocycles. The van der Waals surface area contributed by atoms with Gasteiger partial charge in [0.15, 0.2) is 0 Å². The molecule has 0 bridgehead atoms. The predicted octanol–water partition coefficient (Wildman–Crippen LogP) is 1.71. The third-order valence-electron chi connectivity index (χ3n) is 2.76. The number of hydrogen-bond acceptors (Lipinski definition) is 3. The highest BCUT2D eigenvalue weighted by atomic mass is 16.5. The molecule has 4 nitrogen and oxygen atoms in total. The molecule has 0 spiro atoms. The van der Waals surface area contributed by atoms with Gasteiger partial charge in [0, 0.05) is 18.0 Å². The summed E-state index contributed by atoms with van der Waals surface area (Å²) in [5.74, 6) is 1.78. The lowest BCUT2D eigenvalue weighted by molar-refractivity contribution is 0.408. The average Bonchev–Trinajstić information content (AvgIpc) is 2.77. The fraction of sp³-hybridized carbons (Fsp3) is 0.308. The SMILES string of the molecule is COc1ccc(C)cc1Cn1ccnc1CN. The topological polar surface area (TPSA) is 53.1 Å². The summed E-state index contributed by atoms with van der Waals surface area (Å²) in [4.78, 5) is 4.21. The van der Waals surface area contributed by atoms with Gasteiger partial charge in [0.1, 0.15) is 11.6 Å². The van der Waals surface area contributed by atoms with Crippen LogP contribution in [0.2, 0.25) is 0 Å². The fourth-order valence-electron chi connectivity index (χ4n) is 1.89. The molecular formula is C13H17N3O. The molecule has 0 atom stereocenters. The van der Waals surface area contributed by atoms with Crippen molar-refractivity contribution in [3.8, 4) is 5.75 Å². The van der Waals surface area contributed by atoms with Crippen molar-refractivity contribution in [3.63, 3.8) is 0 Å². The molecule has 2 rings (SSSR count). The molecule has 2 N–H and O–H groups in total. The monoisotopic (exact) mass is 231 g/mol. The van der Waals surface area contributed by atoms with Crippen LogP contribution < -0.4 is 10.5 Å². The molecule has 1 aromatic heterocycles. The molecule has 2 aromatic rings. The van der Waals surface area contributed by atoms with E-state index in [1.54, 1.807) is 13.3 Å². The Morgan fingerprint density at radius 1 is 1.41 bits per heavy atom. The average molecular weight is 231 g/mol. The van der Waals surface area contributed by atoms with Gasteiger partial charge in [-0.1, -0.05) is 17.7 Å². The van der Waals surface area contributed by atoms with Crippen LogP contribution >= 0.6 is 0 Å². The van der Waals surface area contributed by atoms with Crippen molar-refractivity contribution in [2.24, 2.45) is 5.73 Å². The molecule has 0 saturated heterocycles. The Kier molecular flexibility index (Phi) is 3.44. The Hall–Kier alpha value is -1.81. The van der Waals surface area contributed by atoms with Crippen molar-refractivity contribution in [3.05, 3.63) is 47.5 Å². The van der Waals surface area contributed by atoms with Crippen LogP contribution in [-0.2, 0) is 13.1 Å². The molecule has 0 aliphatic rings. The number of ether oxygens (including phenoxy) is 1. The van der Waals surface area contributed by atoms with Gasteiger partial charge in [-0.15, -0.1) is 0 Å². The van der Waals surface area contributed by atoms with Gasteiger partial charge in [0.05, 0.1) is 20.2 Å². The number of methoxy groups -OCH3 is 1. The lowest BCUT2D eigenvalue weighted by Gasteiger charge is -2.11. The zero-order valence-corrected chi connectivity index (χ0v) is 10.2. The zero-order chi connectivity index (χ0) is 12.3. The Bertz CT molecular complexity index is 505. The van der Waals surface area contributed by atoms with Crippen LogP contribution in [0.25, 0.3) is 0 Å². The summed E-state index contributed by atoms with van der Waals surface area (Å²) in [7, 11) is 1.69. The molecule has 0 fully saturated rings. The second-order valence-electron chi connectivity index (χ2n) is 3.99. The maximum Gasteiger partial charge on any atom is 0.123 e. The number of rotatable bonds is 4. The molecule has 1 aromatic carbocycles. The van der Waals surface area contributed by atoms with Gasteiger partial charge < -0.3 is 15.0 Å². The second-order valence-corrected chi connectivity index (χ2v) is 3.99. The summed E-state index contributed by atoms with van der Waals surface area (Å²) in [5.41, 5.74) is 7.99. The van der Waals surface area contributed by atoms with E-state index in [-0.39, 0.29) is 0 Å². The number of benzene rings is 1. The van der Waals surface area contributed by atoms with Gasteiger partial charge in [-0.2, -0.15) is 0 Å². The number of nitrogens with zero attached hydrogens (tertiary/aromatic N) is 2. The quantitative estimate of drug-likeness (QED) is 0.871. The first-order valence-corrected chi connectivity index (χ1v) is 5.58. The number of aromatic nitrogens is 2. The van der Waals surface area contributed by atoms with Crippen molar-refractivity contribution in [1.82, 2.24) is 9.55 Å². The number of aryl methyl sites for hydroxylation is 1. The van der Waals surface area contributed by atoms with Gasteiger partial charge in [0.2, 0.25) is 0 Å². The van der Waals surface area contributed by atoms with Gasteiger partial charge >= 0.3 is 0 Å². The molecule has 0 radical (unpaired) electrons. The molecule has 17 heavy (non-hydrogen) atoms. The van der Waals surface area contributed by atoms with E-state index in [0.29, 0.717) is 6.54 Å². The van der Waals surface area contributed by atoms with Gasteiger partial charge in [-0.05, 0) is 13.0 Å². The Balaban J connectivity index is 2.32. The third kappa shape index (κ3) is 2.47. The van der Waals surface area contributed by atoms with Gasteiger partial charge in [-0.25, -0.2) is 4.98 Å². The molecular weight excluding hydrogens is 214 g/mol. The van der Waals surface area contributed by atoms with E-state index in [0.717, 1.165) is 23.7 Å². The van der Waals surface area contributed by atoms with Crippen LogP contribution in [0.4, 0.5) is 0 Å². The van der Waals surface area contributed by atoms with Crippen molar-refractivity contribution in [2.45, 2.75) is 20.0 Å². The minimum absolute atomic E-state index is 0.446. The molecule has 4 heteroatoms. The largest absolute Gasteiger partial charge is 0.496 e. The third-order valence-corrected chi connectivity index (χ3v) is 2.76. The van der Waals surface area contributed by atoms with Crippen LogP contribution in [0, 0.1) is 6.92 Å². The van der Waals surface area contributed by atoms with Crippen molar-refractivity contribution < 1.29 is 4.74 Å². The van der Waals surface area contributed by atoms with E-state index in [1.165, 1.54) is 5.56 Å². The first-order valence-electron chi connectivity index (χ1n) is 5.58. The normalized spacial score (nSPS) is 10.5. The minimum atomic E-state index is 0.446. The molecule has 1 heterocycles. The summed E-state index contributed by atoms with van der Waals surface area (Å²) in [6.45, 7) is 3.25. The summed E-state index contributed by atoms with van der Waals surface area (Å²) in [5, 5.41) is 0. The Morgan fingerprint density at radius 3 is 2.94 bits per heavy atom. The first kappa shape index (κ1) is 11.7. The van der Waals surface area contributed by atoms with Crippen LogP contribution in [0.3, 0.4) is 0 Å². The van der Waals surface area contributed by atoms with Gasteiger partial charge in [0.25, 0.3) is 0 Å². The zero-order valence-electron chi connectivity index (χ0n) is 10.2. The lowest BCUT2D eigenvalue weighted by Crippen LogP contribution is -2.09. The van der Waals surface area contributed by atoms with Crippen molar-refractivity contribution in [2.75, 3.05) is 7.11 Å². The van der Waals surface area contributed by atoms with E-state index in [2.05, 4.69) is 18.0 Å². The number of hydrogen-bond donors (Lipinski definition) is 1. The predicted molar refractivity (Wildman–Crippen MR) is 67.0 cm³/mol. The highest BCUT2D eigenvalue weighted by Gasteiger charge is 2.06. The highest BCUT2D eigenvalue weighted by Crippen LogP contribution is 2.21. The smallest absolute Gasteiger partial charge is 0.123 e. The van der Waals surface area contributed by atoms with Crippen molar-refractivity contribution >= 4 is 0 Å². The molecule has 90 valence electrons. The Morgan fingerprint density at radius 2 is 2.24 bits per heavy atom. The van der Waals surface area contributed by atoms with E-state index in [1.807, 2.05) is 22.9 Å². The standard InChI is InChI=1S/C13H17N3O/c1-10-3-4-12(17-2)11(7-10)9-16-6-5-15-13(16)8-14/h3-7H,8-9,14H2,1-2H3. The van der Waals surface area contributed by atoms with E-state index < -0.39 is 0 Å². The van der Waals surface area contributed by atoms with Crippen LogP contribution in [0.1, 0.15) is 17.0 Å². The van der Waals surface area contributed by atoms with Crippen molar-refractivity contribution in [1.29, 1.82) is 0 Å². The van der Waals surface area contributed by atoms with Gasteiger partial charge in [-0.3, -0.25) is 0 Å². The fourth-order valence-corrected chi connectivity index (χ4v) is 1.89. The van der Waals surface area contributed by atoms with Crippen LogP contribution in [0.15, 0.2) is 30.6 Å². The molecule has 0 amide bonds. The maximum absolute atomic E-state index is 5.63. The van der Waals surface area contributed by atoms with E-state index >= 15 is 0 Å². The van der Waals surface area contributed by atoms with E-state index in [9.17, 15) is 0 Å². The molecule has 0 unspecified atom stereocenters. The first-order chi connectivity index (χ1) is 8.24. The molecule has 0 aliphatic carbocycles. The van der Waals surface area contributed by atoms with E-state index in [4.69, 9.17) is 10.5 Å². The Labute approximate surface area is 101 Å². The lowest BCUT2D eigenvalue weighted by atomic mass is 10.1. The minimum Gasteiger partial charge on any atom is -0.496 e. The summed E-state index contributed by atoms with van der Waals surface area (Å²) < 4.78 is 7.40. The summed E-state index contributed by atoms with van der Waals surface area (Å²) >= 11 is 0. The van der Waals surface area contributed by atoms with Crippen LogP contribution in [-0.4, -0.2) is 16.7 Å². The maximum atomic E-state index is 5.63.